The van der Waals surface area contributed by atoms with Gasteiger partial charge in [-0.05, 0) is 60.1 Å². The molecule has 2 aromatic carbocycles. The summed E-state index contributed by atoms with van der Waals surface area (Å²) in [5.41, 5.74) is 6.04. The lowest BCUT2D eigenvalue weighted by Crippen LogP contribution is -2.48. The lowest BCUT2D eigenvalue weighted by atomic mass is 10.2. The molecule has 0 aliphatic rings. The van der Waals surface area contributed by atoms with Crippen LogP contribution < -0.4 is 20.9 Å². The molecule has 3 N–H and O–H groups in total. The molecule has 152 valence electrons. The quantitative estimate of drug-likeness (QED) is 0.369. The predicted molar refractivity (Wildman–Crippen MR) is 119 cm³/mol. The first kappa shape index (κ1) is 22.4. The van der Waals surface area contributed by atoms with E-state index in [4.69, 9.17) is 28.6 Å². The lowest BCUT2D eigenvalue weighted by molar-refractivity contribution is -0.115. The maximum Gasteiger partial charge on any atom is 0.269 e. The van der Waals surface area contributed by atoms with Crippen LogP contribution in [0.3, 0.4) is 0 Å². The second-order valence-electron chi connectivity index (χ2n) is 6.48. The molecule has 0 saturated heterocycles. The molecule has 0 saturated carbocycles. The maximum absolute atomic E-state index is 12.1. The highest BCUT2D eigenvalue weighted by atomic mass is 35.5. The van der Waals surface area contributed by atoms with Crippen molar-refractivity contribution in [2.75, 3.05) is 6.61 Å². The first-order valence-electron chi connectivity index (χ1n) is 8.92. The molecule has 0 aliphatic carbocycles. The van der Waals surface area contributed by atoms with E-state index >= 15 is 0 Å². The second-order valence-corrected chi connectivity index (χ2v) is 7.30. The van der Waals surface area contributed by atoms with Crippen molar-refractivity contribution < 1.29 is 14.3 Å². The highest BCUT2D eigenvalue weighted by Crippen LogP contribution is 2.16. The summed E-state index contributed by atoms with van der Waals surface area (Å²) in [5.74, 6) is 0.251. The van der Waals surface area contributed by atoms with Crippen molar-refractivity contribution in [1.29, 1.82) is 0 Å². The van der Waals surface area contributed by atoms with Gasteiger partial charge in [0.15, 0.2) is 5.11 Å². The van der Waals surface area contributed by atoms with Crippen LogP contribution in [0.4, 0.5) is 0 Å². The van der Waals surface area contributed by atoms with E-state index in [1.807, 2.05) is 6.07 Å². The number of ether oxygens (including phenoxy) is 1. The highest BCUT2D eigenvalue weighted by Gasteiger charge is 2.07. The molecule has 0 radical (unpaired) electrons. The van der Waals surface area contributed by atoms with Crippen molar-refractivity contribution in [3.8, 4) is 5.75 Å². The number of nitrogens with one attached hydrogen (secondary N) is 3. The van der Waals surface area contributed by atoms with Crippen LogP contribution in [-0.2, 0) is 4.79 Å². The average Bonchev–Trinajstić information content (AvgIpc) is 2.70. The Labute approximate surface area is 180 Å². The standard InChI is InChI=1S/C21H22ClN3O3S/c1-14(2)13-28-17-10-7-16(8-11-17)20(27)24-25-21(29)23-19(26)12-9-15-5-3-4-6-18(15)22/h3-12,14H,13H2,1-2H3,(H,24,27)(H2,23,25,26,29). The normalized spacial score (nSPS) is 10.6. The van der Waals surface area contributed by atoms with Crippen LogP contribution in [0.5, 0.6) is 5.75 Å². The van der Waals surface area contributed by atoms with Crippen LogP contribution in [0.2, 0.25) is 5.02 Å². The number of thiocarbonyl (C=S) groups is 1. The number of hydrogen-bond donors (Lipinski definition) is 3. The Morgan fingerprint density at radius 2 is 1.79 bits per heavy atom. The van der Waals surface area contributed by atoms with Gasteiger partial charge in [0.25, 0.3) is 5.91 Å². The molecule has 6 nitrogen and oxygen atoms in total. The number of rotatable bonds is 6. The molecule has 0 atom stereocenters. The van der Waals surface area contributed by atoms with Gasteiger partial charge >= 0.3 is 0 Å². The summed E-state index contributed by atoms with van der Waals surface area (Å²) in [6.07, 6.45) is 2.87. The molecule has 0 heterocycles. The summed E-state index contributed by atoms with van der Waals surface area (Å²) in [6.45, 7) is 4.72. The predicted octanol–water partition coefficient (Wildman–Crippen LogP) is 3.72. The average molecular weight is 432 g/mol. The second kappa shape index (κ2) is 11.2. The molecule has 0 spiro atoms. The van der Waals surface area contributed by atoms with Gasteiger partial charge in [-0.1, -0.05) is 43.6 Å². The zero-order chi connectivity index (χ0) is 21.2. The third-order valence-electron chi connectivity index (χ3n) is 3.55. The molecule has 0 aliphatic heterocycles. The Morgan fingerprint density at radius 1 is 1.10 bits per heavy atom. The van der Waals surface area contributed by atoms with Gasteiger partial charge in [0, 0.05) is 16.7 Å². The number of hydrazine groups is 1. The SMILES string of the molecule is CC(C)COc1ccc(C(=O)NNC(=S)NC(=O)C=Cc2ccccc2Cl)cc1. The van der Waals surface area contributed by atoms with Crippen molar-refractivity contribution in [1.82, 2.24) is 16.2 Å². The summed E-state index contributed by atoms with van der Waals surface area (Å²) in [6, 6.07) is 13.8. The van der Waals surface area contributed by atoms with Crippen molar-refractivity contribution in [2.24, 2.45) is 5.92 Å². The number of benzene rings is 2. The fourth-order valence-electron chi connectivity index (χ4n) is 2.11. The smallest absolute Gasteiger partial charge is 0.269 e. The Hall–Kier alpha value is -2.90. The summed E-state index contributed by atoms with van der Waals surface area (Å²) < 4.78 is 5.58. The zero-order valence-electron chi connectivity index (χ0n) is 16.1. The van der Waals surface area contributed by atoms with Crippen LogP contribution in [0.25, 0.3) is 6.08 Å². The van der Waals surface area contributed by atoms with E-state index in [9.17, 15) is 9.59 Å². The Bertz CT molecular complexity index is 898. The van der Waals surface area contributed by atoms with Crippen LogP contribution >= 0.6 is 23.8 Å². The number of carbonyl (C=O) groups excluding carboxylic acids is 2. The van der Waals surface area contributed by atoms with E-state index in [0.29, 0.717) is 34.4 Å². The van der Waals surface area contributed by atoms with Gasteiger partial charge in [0.05, 0.1) is 6.61 Å². The number of hydrogen-bond acceptors (Lipinski definition) is 4. The Balaban J connectivity index is 1.78. The third kappa shape index (κ3) is 7.93. The van der Waals surface area contributed by atoms with E-state index in [2.05, 4.69) is 30.0 Å². The molecule has 2 aromatic rings. The van der Waals surface area contributed by atoms with Gasteiger partial charge in [-0.25, -0.2) is 0 Å². The molecule has 29 heavy (non-hydrogen) atoms. The molecular weight excluding hydrogens is 410 g/mol. The summed E-state index contributed by atoms with van der Waals surface area (Å²) >= 11 is 11.0. The molecule has 0 unspecified atom stereocenters. The van der Waals surface area contributed by atoms with E-state index in [1.165, 1.54) is 6.08 Å². The van der Waals surface area contributed by atoms with Gasteiger partial charge in [-0.15, -0.1) is 0 Å². The van der Waals surface area contributed by atoms with E-state index in [1.54, 1.807) is 48.5 Å². The summed E-state index contributed by atoms with van der Waals surface area (Å²) in [4.78, 5) is 24.0. The largest absolute Gasteiger partial charge is 0.493 e. The van der Waals surface area contributed by atoms with E-state index < -0.39 is 11.8 Å². The topological polar surface area (TPSA) is 79.5 Å². The first-order valence-corrected chi connectivity index (χ1v) is 9.70. The van der Waals surface area contributed by atoms with Gasteiger partial charge in [0.1, 0.15) is 5.75 Å². The zero-order valence-corrected chi connectivity index (χ0v) is 17.6. The van der Waals surface area contributed by atoms with Gasteiger partial charge in [-0.3, -0.25) is 25.8 Å². The third-order valence-corrected chi connectivity index (χ3v) is 4.09. The van der Waals surface area contributed by atoms with Crippen molar-refractivity contribution in [2.45, 2.75) is 13.8 Å². The van der Waals surface area contributed by atoms with Crippen LogP contribution in [-0.4, -0.2) is 23.5 Å². The number of halogens is 1. The number of carbonyl (C=O) groups is 2. The van der Waals surface area contributed by atoms with Crippen LogP contribution in [0.15, 0.2) is 54.6 Å². The Morgan fingerprint density at radius 3 is 2.45 bits per heavy atom. The molecular formula is C21H22ClN3O3S. The van der Waals surface area contributed by atoms with Gasteiger partial charge in [0.2, 0.25) is 5.91 Å². The fraction of sp³-hybridized carbons (Fsp3) is 0.190. The Kier molecular flexibility index (Phi) is 8.64. The van der Waals surface area contributed by atoms with Crippen LogP contribution in [0.1, 0.15) is 29.8 Å². The maximum atomic E-state index is 12.1. The van der Waals surface area contributed by atoms with Gasteiger partial charge < -0.3 is 4.74 Å². The first-order chi connectivity index (χ1) is 13.8. The number of amides is 2. The molecule has 2 amide bonds. The van der Waals surface area contributed by atoms with E-state index in [-0.39, 0.29) is 5.11 Å². The van der Waals surface area contributed by atoms with Crippen molar-refractivity contribution in [3.63, 3.8) is 0 Å². The summed E-state index contributed by atoms with van der Waals surface area (Å²) in [7, 11) is 0. The molecule has 0 bridgehead atoms. The van der Waals surface area contributed by atoms with Crippen molar-refractivity contribution >= 4 is 46.8 Å². The highest BCUT2D eigenvalue weighted by molar-refractivity contribution is 7.80. The van der Waals surface area contributed by atoms with E-state index in [0.717, 1.165) is 0 Å². The molecule has 8 heteroatoms. The lowest BCUT2D eigenvalue weighted by Gasteiger charge is -2.11. The monoisotopic (exact) mass is 431 g/mol. The molecule has 0 aromatic heterocycles. The molecule has 2 rings (SSSR count). The van der Waals surface area contributed by atoms with Crippen molar-refractivity contribution in [3.05, 3.63) is 70.8 Å². The van der Waals surface area contributed by atoms with Gasteiger partial charge in [-0.2, -0.15) is 0 Å². The minimum Gasteiger partial charge on any atom is -0.493 e. The fourth-order valence-corrected chi connectivity index (χ4v) is 2.46. The van der Waals surface area contributed by atoms with Crippen LogP contribution in [0, 0.1) is 5.92 Å². The molecule has 0 fully saturated rings. The minimum absolute atomic E-state index is 0.0379. The summed E-state index contributed by atoms with van der Waals surface area (Å²) in [5, 5.41) is 2.92. The minimum atomic E-state index is -0.455.